The van der Waals surface area contributed by atoms with Crippen LogP contribution in [0.25, 0.3) is 0 Å². The van der Waals surface area contributed by atoms with Gasteiger partial charge in [0.1, 0.15) is 31.8 Å². The molecule has 0 saturated heterocycles. The number of hydrogen-bond donors (Lipinski definition) is 0. The molecule has 0 rings (SSSR count). The fourth-order valence-corrected chi connectivity index (χ4v) is 8.51. The van der Waals surface area contributed by atoms with Crippen LogP contribution in [0.1, 0.15) is 247 Å². The van der Waals surface area contributed by atoms with Crippen LogP contribution in [0.2, 0.25) is 0 Å². The van der Waals surface area contributed by atoms with Gasteiger partial charge in [-0.15, -0.1) is 0 Å². The molecule has 0 amide bonds. The van der Waals surface area contributed by atoms with Crippen molar-refractivity contribution in [1.82, 2.24) is 4.90 Å². The van der Waals surface area contributed by atoms with Crippen molar-refractivity contribution in [3.8, 4) is 0 Å². The lowest BCUT2D eigenvalue weighted by Gasteiger charge is -2.31. The van der Waals surface area contributed by atoms with Crippen molar-refractivity contribution >= 4 is 41.8 Å². The zero-order chi connectivity index (χ0) is 55.1. The normalized spacial score (nSPS) is 11.6. The summed E-state index contributed by atoms with van der Waals surface area (Å²) in [5.41, 5.74) is -1.60. The van der Waals surface area contributed by atoms with Crippen molar-refractivity contribution in [2.75, 3.05) is 66.9 Å². The number of nitrogens with zero attached hydrogens (tertiary/aromatic N) is 1. The summed E-state index contributed by atoms with van der Waals surface area (Å²) in [6, 6.07) is 0. The van der Waals surface area contributed by atoms with Gasteiger partial charge < -0.3 is 38.1 Å². The second-order valence-electron chi connectivity index (χ2n) is 21.2. The van der Waals surface area contributed by atoms with E-state index in [9.17, 15) is 33.6 Å². The maximum atomic E-state index is 13.3. The monoisotopic (exact) mass is 1050 g/mol. The first-order valence-corrected chi connectivity index (χ1v) is 29.4. The molecule has 0 heterocycles. The van der Waals surface area contributed by atoms with Crippen LogP contribution < -0.4 is 0 Å². The Morgan fingerprint density at radius 3 is 0.743 bits per heavy atom. The molecule has 15 nitrogen and oxygen atoms in total. The second kappa shape index (κ2) is 47.7. The molecule has 0 radical (unpaired) electrons. The minimum Gasteiger partial charge on any atom is -0.465 e. The molecular weight excluding hydrogens is 947 g/mol. The van der Waals surface area contributed by atoms with Crippen LogP contribution in [0.4, 0.5) is 0 Å². The zero-order valence-corrected chi connectivity index (χ0v) is 48.2. The van der Waals surface area contributed by atoms with Gasteiger partial charge in [0.2, 0.25) is 0 Å². The van der Waals surface area contributed by atoms with E-state index in [4.69, 9.17) is 33.2 Å². The van der Waals surface area contributed by atoms with Crippen LogP contribution in [0.15, 0.2) is 0 Å². The number of esters is 7. The van der Waals surface area contributed by atoms with E-state index in [0.29, 0.717) is 13.0 Å². The quantitative estimate of drug-likeness (QED) is 0.0318. The average molecular weight is 1050 g/mol. The van der Waals surface area contributed by atoms with Gasteiger partial charge in [-0.3, -0.25) is 33.6 Å². The van der Waals surface area contributed by atoms with Gasteiger partial charge in [-0.05, 0) is 83.3 Å². The zero-order valence-electron chi connectivity index (χ0n) is 48.2. The van der Waals surface area contributed by atoms with E-state index in [2.05, 4.69) is 41.5 Å². The largest absolute Gasteiger partial charge is 0.465 e. The highest BCUT2D eigenvalue weighted by molar-refractivity contribution is 5.79. The predicted octanol–water partition coefficient (Wildman–Crippen LogP) is 12.8. The SMILES string of the molecule is CCCCCC(CCCCC)COC(=O)CCC(=O)OCC(COC(=O)CCCN(C)C)(COC(=O)CCC(=O)OCC(CCCCC)CCCCC)COC(=O)CCC(=O)OCC(CCCCC)CCCCC. The minimum absolute atomic E-state index is 0.0636. The average Bonchev–Trinajstić information content (AvgIpc) is 3.38. The van der Waals surface area contributed by atoms with Crippen LogP contribution >= 0.6 is 0 Å². The van der Waals surface area contributed by atoms with Crippen molar-refractivity contribution in [2.24, 2.45) is 23.2 Å². The molecule has 0 atom stereocenters. The lowest BCUT2D eigenvalue weighted by Crippen LogP contribution is -2.44. The summed E-state index contributed by atoms with van der Waals surface area (Å²) in [7, 11) is 3.76. The van der Waals surface area contributed by atoms with Gasteiger partial charge in [0.05, 0.1) is 58.3 Å². The molecule has 0 aromatic heterocycles. The number of carbonyl (C=O) groups is 7. The maximum absolute atomic E-state index is 13.3. The summed E-state index contributed by atoms with van der Waals surface area (Å²) in [5, 5.41) is 0. The van der Waals surface area contributed by atoms with Gasteiger partial charge in [0.15, 0.2) is 0 Å². The third-order valence-corrected chi connectivity index (χ3v) is 13.5. The molecule has 0 bridgehead atoms. The van der Waals surface area contributed by atoms with Gasteiger partial charge in [-0.2, -0.15) is 0 Å². The Bertz CT molecular complexity index is 1290. The van der Waals surface area contributed by atoms with Crippen molar-refractivity contribution < 1.29 is 66.7 Å². The molecule has 0 aromatic carbocycles. The number of carbonyl (C=O) groups excluding carboxylic acids is 7. The lowest BCUT2D eigenvalue weighted by molar-refractivity contribution is -0.173. The lowest BCUT2D eigenvalue weighted by atomic mass is 9.92. The van der Waals surface area contributed by atoms with E-state index in [1.54, 1.807) is 0 Å². The van der Waals surface area contributed by atoms with Crippen molar-refractivity contribution in [3.05, 3.63) is 0 Å². The number of ether oxygens (including phenoxy) is 7. The molecule has 74 heavy (non-hydrogen) atoms. The first-order valence-electron chi connectivity index (χ1n) is 29.4. The van der Waals surface area contributed by atoms with Crippen LogP contribution in [-0.2, 0) is 66.7 Å². The number of hydrogen-bond acceptors (Lipinski definition) is 15. The summed E-state index contributed by atoms with van der Waals surface area (Å²) in [5.74, 6) is -3.69. The van der Waals surface area contributed by atoms with Crippen molar-refractivity contribution in [3.63, 3.8) is 0 Å². The molecule has 0 aliphatic heterocycles. The smallest absolute Gasteiger partial charge is 0.306 e. The Labute approximate surface area is 449 Å². The highest BCUT2D eigenvalue weighted by Crippen LogP contribution is 2.25. The van der Waals surface area contributed by atoms with Gasteiger partial charge in [-0.1, -0.05) is 157 Å². The van der Waals surface area contributed by atoms with Crippen LogP contribution in [-0.4, -0.2) is 114 Å². The molecule has 0 aliphatic carbocycles. The summed E-state index contributed by atoms with van der Waals surface area (Å²) < 4.78 is 39.7. The molecule has 432 valence electrons. The second-order valence-corrected chi connectivity index (χ2v) is 21.2. The maximum Gasteiger partial charge on any atom is 0.306 e. The Hall–Kier alpha value is -3.75. The molecule has 0 aliphatic rings. The molecule has 0 spiro atoms. The first kappa shape index (κ1) is 70.2. The summed E-state index contributed by atoms with van der Waals surface area (Å²) in [6.45, 7) is 12.3. The predicted molar refractivity (Wildman–Crippen MR) is 290 cm³/mol. The van der Waals surface area contributed by atoms with Crippen LogP contribution in [0.3, 0.4) is 0 Å². The molecule has 0 saturated carbocycles. The first-order chi connectivity index (χ1) is 35.7. The summed E-state index contributed by atoms with van der Waals surface area (Å²) in [4.78, 5) is 93.6. The Morgan fingerprint density at radius 1 is 0.311 bits per heavy atom. The summed E-state index contributed by atoms with van der Waals surface area (Å²) >= 11 is 0. The van der Waals surface area contributed by atoms with Crippen LogP contribution in [0, 0.1) is 23.2 Å². The molecule has 0 fully saturated rings. The molecule has 0 aromatic rings. The topological polar surface area (TPSA) is 187 Å². The van der Waals surface area contributed by atoms with Gasteiger partial charge in [0.25, 0.3) is 0 Å². The number of unbranched alkanes of at least 4 members (excludes halogenated alkanes) is 12. The van der Waals surface area contributed by atoms with E-state index in [1.165, 1.54) is 0 Å². The van der Waals surface area contributed by atoms with Crippen molar-refractivity contribution in [1.29, 1.82) is 0 Å². The van der Waals surface area contributed by atoms with Gasteiger partial charge >= 0.3 is 41.8 Å². The fourth-order valence-electron chi connectivity index (χ4n) is 8.51. The Kier molecular flexibility index (Phi) is 45.3. The van der Waals surface area contributed by atoms with Crippen LogP contribution in [0.5, 0.6) is 0 Å². The van der Waals surface area contributed by atoms with E-state index in [1.807, 2.05) is 19.0 Å². The third kappa shape index (κ3) is 41.5. The van der Waals surface area contributed by atoms with E-state index < -0.39 is 73.6 Å². The minimum atomic E-state index is -1.60. The molecule has 15 heteroatoms. The molecule has 0 unspecified atom stereocenters. The van der Waals surface area contributed by atoms with E-state index in [0.717, 1.165) is 154 Å². The highest BCUT2D eigenvalue weighted by atomic mass is 16.6. The Balaban J connectivity index is 6.18. The summed E-state index contributed by atoms with van der Waals surface area (Å²) in [6.07, 6.45) is 24.4. The Morgan fingerprint density at radius 2 is 0.527 bits per heavy atom. The van der Waals surface area contributed by atoms with E-state index in [-0.39, 0.29) is 82.5 Å². The van der Waals surface area contributed by atoms with E-state index >= 15 is 0 Å². The molecule has 0 N–H and O–H groups in total. The number of rotatable bonds is 51. The fraction of sp³-hybridized carbons (Fsp3) is 0.881. The van der Waals surface area contributed by atoms with Crippen molar-refractivity contribution in [2.45, 2.75) is 247 Å². The van der Waals surface area contributed by atoms with Gasteiger partial charge in [0, 0.05) is 6.42 Å². The highest BCUT2D eigenvalue weighted by Gasteiger charge is 2.38. The molecular formula is C59H107NO14. The standard InChI is InChI=1S/C59H107NO14/c1-9-15-21-28-49(29-22-16-10-2)42-68-53(62)35-38-56(65)72-46-59(45-71-52(61)34-27-41-60(7)8,47-73-57(66)39-36-54(63)69-43-50(30-23-17-11-3)31-24-18-12-4)48-74-58(67)40-37-55(64)70-44-51(32-25-19-13-5)33-26-20-14-6/h49-51H,9-48H2,1-8H3. The third-order valence-electron chi connectivity index (χ3n) is 13.5. The van der Waals surface area contributed by atoms with Gasteiger partial charge in [-0.25, -0.2) is 0 Å².